The molecule has 2 heterocycles. The molecule has 0 aliphatic carbocycles. The van der Waals surface area contributed by atoms with Gasteiger partial charge in [-0.1, -0.05) is 326 Å². The van der Waals surface area contributed by atoms with Gasteiger partial charge in [0.2, 0.25) is 5.91 Å². The number of hydrogen-bond donors (Lipinski definition) is 9. The maximum Gasteiger partial charge on any atom is 0.220 e. The fraction of sp³-hybridized carbons (Fsp3) is 0.909. The van der Waals surface area contributed by atoms with E-state index in [1.54, 1.807) is 6.08 Å². The number of ether oxygens (including phenoxy) is 4. The highest BCUT2D eigenvalue weighted by molar-refractivity contribution is 5.76. The van der Waals surface area contributed by atoms with Crippen LogP contribution in [0.15, 0.2) is 36.5 Å². The number of allylic oxidation sites excluding steroid dienone is 5. The molecule has 2 aliphatic heterocycles. The fourth-order valence-corrected chi connectivity index (χ4v) is 12.9. The molecule has 0 saturated carbocycles. The minimum absolute atomic E-state index is 0.242. The van der Waals surface area contributed by atoms with Crippen LogP contribution >= 0.6 is 0 Å². The molecule has 0 bridgehead atoms. The number of carbonyl (C=O) groups is 1. The second-order valence-corrected chi connectivity index (χ2v) is 27.5. The third kappa shape index (κ3) is 45.4. The van der Waals surface area contributed by atoms with E-state index in [9.17, 15) is 45.6 Å². The van der Waals surface area contributed by atoms with Crippen molar-refractivity contribution in [3.8, 4) is 0 Å². The summed E-state index contributed by atoms with van der Waals surface area (Å²) >= 11 is 0. The Bertz CT molecular complexity index is 1670. The predicted octanol–water partition coefficient (Wildman–Crippen LogP) is 16.9. The lowest BCUT2D eigenvalue weighted by Gasteiger charge is -2.46. The Kier molecular flexibility index (Phi) is 57.9. The van der Waals surface area contributed by atoms with Crippen LogP contribution in [0, 0.1) is 0 Å². The molecule has 12 atom stereocenters. The first-order valence-electron chi connectivity index (χ1n) is 38.7. The van der Waals surface area contributed by atoms with E-state index in [0.717, 1.165) is 32.1 Å². The van der Waals surface area contributed by atoms with Crippen molar-refractivity contribution in [3.63, 3.8) is 0 Å². The number of unbranched alkanes of at least 4 members (excludes halogenated alkanes) is 48. The molecule has 9 N–H and O–H groups in total. The lowest BCUT2D eigenvalue weighted by Crippen LogP contribution is -2.65. The van der Waals surface area contributed by atoms with E-state index in [-0.39, 0.29) is 18.9 Å². The molecule has 2 saturated heterocycles. The summed E-state index contributed by atoms with van der Waals surface area (Å²) in [6.07, 6.45) is 63.9. The van der Waals surface area contributed by atoms with Crippen LogP contribution in [0.2, 0.25) is 0 Å². The first-order valence-corrected chi connectivity index (χ1v) is 38.7. The van der Waals surface area contributed by atoms with Crippen LogP contribution < -0.4 is 5.32 Å². The molecule has 536 valence electrons. The zero-order chi connectivity index (χ0) is 65.9. The van der Waals surface area contributed by atoms with Crippen molar-refractivity contribution < 1.29 is 64.6 Å². The second kappa shape index (κ2) is 61.8. The van der Waals surface area contributed by atoms with Crippen LogP contribution in [0.4, 0.5) is 0 Å². The fourth-order valence-electron chi connectivity index (χ4n) is 12.9. The smallest absolute Gasteiger partial charge is 0.220 e. The molecule has 14 heteroatoms. The van der Waals surface area contributed by atoms with Crippen LogP contribution in [-0.2, 0) is 23.7 Å². The first-order chi connectivity index (χ1) is 44.6. The minimum Gasteiger partial charge on any atom is -0.394 e. The summed E-state index contributed by atoms with van der Waals surface area (Å²) in [5.41, 5.74) is 0. The normalized spacial score (nSPS) is 22.9. The van der Waals surface area contributed by atoms with Gasteiger partial charge in [0, 0.05) is 6.42 Å². The topological polar surface area (TPSA) is 228 Å². The SMILES string of the molecule is CCCCCCCCCC/C=C\CCCCCCCCCCCCCCCCCCCCCCCCCCCCCC(=O)NC(COC1OC(CO)C(OC2OC(CO)C(O)C(O)C2O)C(O)C1O)C(O)/C=C/CC/C=C/CCCCCCCCCCCCCC. The van der Waals surface area contributed by atoms with Crippen LogP contribution in [0.5, 0.6) is 0 Å². The van der Waals surface area contributed by atoms with Gasteiger partial charge in [-0.15, -0.1) is 0 Å². The maximum atomic E-state index is 13.3. The lowest BCUT2D eigenvalue weighted by atomic mass is 9.97. The number of nitrogens with one attached hydrogen (secondary N) is 1. The van der Waals surface area contributed by atoms with Gasteiger partial charge < -0.3 is 65.1 Å². The standard InChI is InChI=1S/C77H145NO13/c1-3-5-7-9-11-13-15-17-19-21-23-24-25-26-27-28-29-30-31-32-33-34-35-36-37-38-39-40-41-42-43-45-47-49-51-53-55-57-59-61-69(82)78-65(66(81)60-58-56-54-52-50-48-46-44-22-20-18-16-14-12-10-8-6-4-2)64-88-76-74(87)72(85)75(68(63-80)90-76)91-77-73(86)71(84)70(83)67(62-79)89-77/h21,23,50,52,58,60,65-68,70-77,79-81,83-87H,3-20,22,24-49,51,53-57,59,61-64H2,1-2H3,(H,78,82)/b23-21-,52-50+,60-58+. The molecule has 2 fully saturated rings. The molecule has 0 aromatic rings. The Morgan fingerprint density at radius 3 is 1.08 bits per heavy atom. The van der Waals surface area contributed by atoms with E-state index < -0.39 is 86.8 Å². The van der Waals surface area contributed by atoms with E-state index >= 15 is 0 Å². The third-order valence-electron chi connectivity index (χ3n) is 19.0. The van der Waals surface area contributed by atoms with Crippen molar-refractivity contribution >= 4 is 5.91 Å². The van der Waals surface area contributed by atoms with Gasteiger partial charge in [0.05, 0.1) is 32.0 Å². The van der Waals surface area contributed by atoms with Crippen molar-refractivity contribution in [2.24, 2.45) is 0 Å². The number of amides is 1. The van der Waals surface area contributed by atoms with Gasteiger partial charge >= 0.3 is 0 Å². The summed E-state index contributed by atoms with van der Waals surface area (Å²) in [6.45, 7) is 2.83. The minimum atomic E-state index is -1.79. The van der Waals surface area contributed by atoms with Gasteiger partial charge in [0.15, 0.2) is 12.6 Å². The predicted molar refractivity (Wildman–Crippen MR) is 374 cm³/mol. The zero-order valence-corrected chi connectivity index (χ0v) is 58.6. The maximum absolute atomic E-state index is 13.3. The summed E-state index contributed by atoms with van der Waals surface area (Å²) in [5.74, 6) is -0.242. The van der Waals surface area contributed by atoms with Crippen molar-refractivity contribution in [2.45, 2.75) is 428 Å². The Morgan fingerprint density at radius 2 is 0.703 bits per heavy atom. The van der Waals surface area contributed by atoms with Crippen LogP contribution in [0.3, 0.4) is 0 Å². The Labute approximate surface area is 557 Å². The molecule has 12 unspecified atom stereocenters. The summed E-state index contributed by atoms with van der Waals surface area (Å²) in [6, 6.07) is -0.930. The zero-order valence-electron chi connectivity index (χ0n) is 58.6. The summed E-state index contributed by atoms with van der Waals surface area (Å²) in [7, 11) is 0. The summed E-state index contributed by atoms with van der Waals surface area (Å²) < 4.78 is 22.9. The second-order valence-electron chi connectivity index (χ2n) is 27.5. The molecule has 0 spiro atoms. The van der Waals surface area contributed by atoms with Crippen LogP contribution in [-0.4, -0.2) is 140 Å². The monoisotopic (exact) mass is 1290 g/mol. The van der Waals surface area contributed by atoms with Crippen molar-refractivity contribution in [1.82, 2.24) is 5.32 Å². The van der Waals surface area contributed by atoms with Crippen molar-refractivity contribution in [2.75, 3.05) is 19.8 Å². The van der Waals surface area contributed by atoms with Gasteiger partial charge in [-0.25, -0.2) is 0 Å². The number of carbonyl (C=O) groups excluding carboxylic acids is 1. The van der Waals surface area contributed by atoms with E-state index in [2.05, 4.69) is 43.5 Å². The lowest BCUT2D eigenvalue weighted by molar-refractivity contribution is -0.359. The van der Waals surface area contributed by atoms with E-state index in [1.807, 2.05) is 6.08 Å². The van der Waals surface area contributed by atoms with E-state index in [1.165, 1.54) is 289 Å². The molecule has 14 nitrogen and oxygen atoms in total. The molecule has 2 aliphatic rings. The Hall–Kier alpha value is -1.79. The van der Waals surface area contributed by atoms with Crippen molar-refractivity contribution in [3.05, 3.63) is 36.5 Å². The number of hydrogen-bond acceptors (Lipinski definition) is 13. The molecule has 0 radical (unpaired) electrons. The summed E-state index contributed by atoms with van der Waals surface area (Å²) in [4.78, 5) is 13.3. The van der Waals surface area contributed by atoms with E-state index in [4.69, 9.17) is 18.9 Å². The van der Waals surface area contributed by atoms with Crippen molar-refractivity contribution in [1.29, 1.82) is 0 Å². The van der Waals surface area contributed by atoms with E-state index in [0.29, 0.717) is 12.8 Å². The highest BCUT2D eigenvalue weighted by atomic mass is 16.7. The van der Waals surface area contributed by atoms with Gasteiger partial charge in [0.1, 0.15) is 48.8 Å². The average molecular weight is 1290 g/mol. The molecule has 91 heavy (non-hydrogen) atoms. The quantitative estimate of drug-likeness (QED) is 0.0204. The largest absolute Gasteiger partial charge is 0.394 e. The average Bonchev–Trinajstić information content (AvgIpc) is 1.19. The number of rotatable bonds is 65. The molecular weight excluding hydrogens is 1150 g/mol. The van der Waals surface area contributed by atoms with Crippen LogP contribution in [0.1, 0.15) is 354 Å². The number of aliphatic hydroxyl groups is 8. The Balaban J connectivity index is 1.57. The van der Waals surface area contributed by atoms with Gasteiger partial charge in [0.25, 0.3) is 0 Å². The molecule has 0 aromatic heterocycles. The Morgan fingerprint density at radius 1 is 0.385 bits per heavy atom. The number of aliphatic hydroxyl groups excluding tert-OH is 8. The molecular formula is C77H145NO13. The van der Waals surface area contributed by atoms with Gasteiger partial charge in [-0.2, -0.15) is 0 Å². The third-order valence-corrected chi connectivity index (χ3v) is 19.0. The molecule has 1 amide bonds. The van der Waals surface area contributed by atoms with Gasteiger partial charge in [-0.05, 0) is 57.8 Å². The molecule has 0 aromatic carbocycles. The molecule has 2 rings (SSSR count). The first kappa shape index (κ1) is 85.3. The highest BCUT2D eigenvalue weighted by Gasteiger charge is 2.51. The van der Waals surface area contributed by atoms with Gasteiger partial charge in [-0.3, -0.25) is 4.79 Å². The summed E-state index contributed by atoms with van der Waals surface area (Å²) in [5, 5.41) is 87.4. The highest BCUT2D eigenvalue weighted by Crippen LogP contribution is 2.30. The van der Waals surface area contributed by atoms with Crippen LogP contribution in [0.25, 0.3) is 0 Å².